The van der Waals surface area contributed by atoms with Crippen molar-refractivity contribution in [1.82, 2.24) is 0 Å². The SMILES string of the molecule is C=CC(=O)OCC(=O)OC1C2=CC3C(C2)OS(=O)(=O)C13. The van der Waals surface area contributed by atoms with E-state index in [2.05, 4.69) is 11.3 Å². The number of carbonyl (C=O) groups excluding carboxylic acids is 2. The summed E-state index contributed by atoms with van der Waals surface area (Å²) in [5, 5.41) is -0.865. The van der Waals surface area contributed by atoms with E-state index in [0.29, 0.717) is 6.42 Å². The monoisotopic (exact) mass is 300 g/mol. The Morgan fingerprint density at radius 1 is 1.50 bits per heavy atom. The molecule has 2 aliphatic carbocycles. The summed E-state index contributed by atoms with van der Waals surface area (Å²) in [6, 6.07) is 0. The summed E-state index contributed by atoms with van der Waals surface area (Å²) in [6.45, 7) is 2.62. The van der Waals surface area contributed by atoms with Crippen molar-refractivity contribution in [3.8, 4) is 0 Å². The van der Waals surface area contributed by atoms with Crippen LogP contribution in [0.25, 0.3) is 0 Å². The van der Waals surface area contributed by atoms with E-state index >= 15 is 0 Å². The zero-order valence-corrected chi connectivity index (χ0v) is 11.2. The van der Waals surface area contributed by atoms with Crippen molar-refractivity contribution in [1.29, 1.82) is 0 Å². The molecule has 4 unspecified atom stereocenters. The van der Waals surface area contributed by atoms with Gasteiger partial charge in [0.15, 0.2) is 6.61 Å². The van der Waals surface area contributed by atoms with Gasteiger partial charge in [0.25, 0.3) is 10.1 Å². The van der Waals surface area contributed by atoms with Crippen LogP contribution in [0.15, 0.2) is 24.3 Å². The van der Waals surface area contributed by atoms with Crippen LogP contribution in [0, 0.1) is 5.92 Å². The molecule has 1 heterocycles. The van der Waals surface area contributed by atoms with Gasteiger partial charge in [-0.3, -0.25) is 4.18 Å². The van der Waals surface area contributed by atoms with Crippen molar-refractivity contribution in [3.05, 3.63) is 24.3 Å². The van der Waals surface area contributed by atoms with E-state index in [1.165, 1.54) is 0 Å². The largest absolute Gasteiger partial charge is 0.454 e. The molecule has 3 aliphatic rings. The van der Waals surface area contributed by atoms with E-state index in [1.807, 2.05) is 0 Å². The van der Waals surface area contributed by atoms with E-state index < -0.39 is 40.0 Å². The zero-order chi connectivity index (χ0) is 14.5. The average Bonchev–Trinajstić information content (AvgIpc) is 2.96. The summed E-state index contributed by atoms with van der Waals surface area (Å²) >= 11 is 0. The van der Waals surface area contributed by atoms with Crippen molar-refractivity contribution >= 4 is 22.1 Å². The van der Waals surface area contributed by atoms with Crippen LogP contribution in [0.4, 0.5) is 0 Å². The smallest absolute Gasteiger partial charge is 0.344 e. The van der Waals surface area contributed by atoms with Crippen molar-refractivity contribution in [2.24, 2.45) is 5.92 Å². The van der Waals surface area contributed by atoms with Crippen LogP contribution in [0.1, 0.15) is 6.42 Å². The second-order valence-electron chi connectivity index (χ2n) is 4.84. The highest BCUT2D eigenvalue weighted by molar-refractivity contribution is 7.87. The van der Waals surface area contributed by atoms with Crippen molar-refractivity contribution in [3.63, 3.8) is 0 Å². The first-order valence-electron chi connectivity index (χ1n) is 6.04. The Hall–Kier alpha value is -1.67. The molecule has 20 heavy (non-hydrogen) atoms. The van der Waals surface area contributed by atoms with Crippen molar-refractivity contribution < 1.29 is 31.7 Å². The predicted molar refractivity (Wildman–Crippen MR) is 64.8 cm³/mol. The molecule has 0 radical (unpaired) electrons. The second kappa shape index (κ2) is 4.42. The predicted octanol–water partition coefficient (Wildman–Crippen LogP) is -0.316. The molecular weight excluding hydrogens is 288 g/mol. The molecule has 0 aromatic heterocycles. The molecular formula is C12H12O7S. The van der Waals surface area contributed by atoms with Gasteiger partial charge in [0.2, 0.25) is 0 Å². The molecule has 0 amide bonds. The lowest BCUT2D eigenvalue weighted by Crippen LogP contribution is -2.39. The number of rotatable bonds is 4. The van der Waals surface area contributed by atoms with Crippen molar-refractivity contribution in [2.45, 2.75) is 23.9 Å². The number of hydrogen-bond acceptors (Lipinski definition) is 7. The Morgan fingerprint density at radius 2 is 2.25 bits per heavy atom. The molecule has 0 aromatic carbocycles. The van der Waals surface area contributed by atoms with Gasteiger partial charge >= 0.3 is 11.9 Å². The summed E-state index contributed by atoms with van der Waals surface area (Å²) in [4.78, 5) is 22.4. The quantitative estimate of drug-likeness (QED) is 0.304. The summed E-state index contributed by atoms with van der Waals surface area (Å²) in [6.07, 6.45) is 1.98. The number of esters is 2. The highest BCUT2D eigenvalue weighted by Crippen LogP contribution is 2.51. The van der Waals surface area contributed by atoms with Crippen LogP contribution in [-0.4, -0.2) is 44.4 Å². The lowest BCUT2D eigenvalue weighted by molar-refractivity contribution is -0.159. The lowest BCUT2D eigenvalue weighted by Gasteiger charge is -2.24. The fourth-order valence-electron chi connectivity index (χ4n) is 2.91. The molecule has 0 N–H and O–H groups in total. The van der Waals surface area contributed by atoms with E-state index in [-0.39, 0.29) is 12.0 Å². The normalized spacial score (nSPS) is 35.5. The Balaban J connectivity index is 1.67. The van der Waals surface area contributed by atoms with E-state index in [9.17, 15) is 18.0 Å². The fraction of sp³-hybridized carbons (Fsp3) is 0.500. The third kappa shape index (κ3) is 1.95. The fourth-order valence-corrected chi connectivity index (χ4v) is 4.75. The standard InChI is InChI=1S/C12H12O7S/c1-2-9(13)17-5-10(14)18-11-6-3-7-8(4-6)19-20(15,16)12(7)11/h2-3,7-8,11-12H,1,4-5H2. The first kappa shape index (κ1) is 13.3. The molecule has 108 valence electrons. The van der Waals surface area contributed by atoms with E-state index in [1.54, 1.807) is 6.08 Å². The highest BCUT2D eigenvalue weighted by atomic mass is 32.2. The minimum atomic E-state index is -3.72. The molecule has 8 heteroatoms. The van der Waals surface area contributed by atoms with Crippen LogP contribution >= 0.6 is 0 Å². The maximum Gasteiger partial charge on any atom is 0.344 e. The molecule has 4 atom stereocenters. The summed E-state index contributed by atoms with van der Waals surface area (Å²) in [5.41, 5.74) is 0.759. The second-order valence-corrected chi connectivity index (χ2v) is 6.56. The van der Waals surface area contributed by atoms with Crippen LogP contribution in [0.3, 0.4) is 0 Å². The minimum absolute atomic E-state index is 0.247. The van der Waals surface area contributed by atoms with E-state index in [0.717, 1.165) is 11.6 Å². The van der Waals surface area contributed by atoms with Crippen molar-refractivity contribution in [2.75, 3.05) is 6.61 Å². The Morgan fingerprint density at radius 3 is 2.95 bits per heavy atom. The van der Waals surface area contributed by atoms with Gasteiger partial charge in [0.05, 0.1) is 6.10 Å². The molecule has 7 nitrogen and oxygen atoms in total. The van der Waals surface area contributed by atoms with Gasteiger partial charge in [-0.25, -0.2) is 9.59 Å². The molecule has 1 aliphatic heterocycles. The zero-order valence-electron chi connectivity index (χ0n) is 10.4. The lowest BCUT2D eigenvalue weighted by atomic mass is 9.93. The minimum Gasteiger partial charge on any atom is -0.454 e. The molecule has 1 fully saturated rings. The van der Waals surface area contributed by atoms with Gasteiger partial charge in [-0.05, 0) is 5.57 Å². The van der Waals surface area contributed by atoms with Crippen LogP contribution < -0.4 is 0 Å². The number of hydrogen-bond donors (Lipinski definition) is 0. The Labute approximate surface area is 115 Å². The molecule has 0 saturated carbocycles. The van der Waals surface area contributed by atoms with Crippen LogP contribution in [0.5, 0.6) is 0 Å². The molecule has 0 aromatic rings. The molecule has 1 saturated heterocycles. The number of carbonyl (C=O) groups is 2. The summed E-state index contributed by atoms with van der Waals surface area (Å²) in [7, 11) is -3.72. The Bertz CT molecular complexity index is 618. The Kier molecular flexibility index (Phi) is 2.94. The van der Waals surface area contributed by atoms with Gasteiger partial charge < -0.3 is 9.47 Å². The number of ether oxygens (including phenoxy) is 2. The van der Waals surface area contributed by atoms with Crippen LogP contribution in [0.2, 0.25) is 0 Å². The highest BCUT2D eigenvalue weighted by Gasteiger charge is 2.62. The van der Waals surface area contributed by atoms with Gasteiger partial charge in [-0.2, -0.15) is 8.42 Å². The van der Waals surface area contributed by atoms with Gasteiger partial charge in [0, 0.05) is 18.4 Å². The first-order valence-corrected chi connectivity index (χ1v) is 7.51. The summed E-state index contributed by atoms with van der Waals surface area (Å²) < 4.78 is 38.3. The third-order valence-corrected chi connectivity index (χ3v) is 5.41. The molecule has 0 spiro atoms. The van der Waals surface area contributed by atoms with Gasteiger partial charge in [-0.1, -0.05) is 12.7 Å². The maximum atomic E-state index is 11.8. The maximum absolute atomic E-state index is 11.8. The summed E-state index contributed by atoms with van der Waals surface area (Å²) in [5.74, 6) is -1.79. The molecule has 2 bridgehead atoms. The third-order valence-electron chi connectivity index (χ3n) is 3.66. The first-order chi connectivity index (χ1) is 9.42. The topological polar surface area (TPSA) is 96.0 Å². The van der Waals surface area contributed by atoms with Gasteiger partial charge in [0.1, 0.15) is 11.4 Å². The van der Waals surface area contributed by atoms with Gasteiger partial charge in [-0.15, -0.1) is 0 Å². The molecule has 3 rings (SSSR count). The van der Waals surface area contributed by atoms with E-state index in [4.69, 9.17) is 8.92 Å². The van der Waals surface area contributed by atoms with Crippen LogP contribution in [-0.2, 0) is 33.4 Å². The average molecular weight is 300 g/mol.